The average Bonchev–Trinajstić information content (AvgIpc) is 2.99. The van der Waals surface area contributed by atoms with Crippen LogP contribution in [0.15, 0.2) is 91.0 Å². The molecule has 2 aromatic heterocycles. The maximum absolute atomic E-state index is 13.6. The second-order valence-electron chi connectivity index (χ2n) is 10.5. The first-order valence-corrected chi connectivity index (χ1v) is 14.1. The van der Waals surface area contributed by atoms with Gasteiger partial charge in [-0.2, -0.15) is 0 Å². The number of anilines is 1. The Labute approximate surface area is 248 Å². The van der Waals surface area contributed by atoms with Crippen molar-refractivity contribution in [2.45, 2.75) is 47.0 Å². The molecule has 0 unspecified atom stereocenters. The van der Waals surface area contributed by atoms with E-state index in [4.69, 9.17) is 9.72 Å². The lowest BCUT2D eigenvalue weighted by Gasteiger charge is -2.18. The van der Waals surface area contributed by atoms with Gasteiger partial charge in [0.2, 0.25) is 0 Å². The molecule has 0 aliphatic rings. The molecule has 1 N–H and O–H groups in total. The van der Waals surface area contributed by atoms with Crippen LogP contribution in [0, 0.1) is 13.8 Å². The minimum Gasteiger partial charge on any atom is -0.467 e. The molecule has 2 amide bonds. The monoisotopic (exact) mass is 562 g/mol. The number of amides is 2. The number of carbonyl (C=O) groups excluding carboxylic acids is 2. The van der Waals surface area contributed by atoms with Crippen LogP contribution in [-0.2, 0) is 4.74 Å². The van der Waals surface area contributed by atoms with E-state index in [1.807, 2.05) is 58.0 Å². The molecule has 4 rings (SSSR count). The highest BCUT2D eigenvalue weighted by Crippen LogP contribution is 2.28. The van der Waals surface area contributed by atoms with Crippen molar-refractivity contribution in [3.63, 3.8) is 0 Å². The number of hydrogen-bond donors (Lipinski definition) is 1. The van der Waals surface area contributed by atoms with Crippen molar-refractivity contribution in [2.24, 2.45) is 0 Å². The third-order valence-corrected chi connectivity index (χ3v) is 7.07. The van der Waals surface area contributed by atoms with E-state index in [1.165, 1.54) is 0 Å². The molecule has 0 aliphatic carbocycles. The van der Waals surface area contributed by atoms with Crippen LogP contribution in [-0.4, -0.2) is 40.3 Å². The van der Waals surface area contributed by atoms with Gasteiger partial charge in [0.15, 0.2) is 0 Å². The smallest absolute Gasteiger partial charge is 0.256 e. The summed E-state index contributed by atoms with van der Waals surface area (Å²) in [6, 6.07) is 18.4. The minimum atomic E-state index is -0.254. The summed E-state index contributed by atoms with van der Waals surface area (Å²) in [5.41, 5.74) is 5.81. The van der Waals surface area contributed by atoms with E-state index < -0.39 is 0 Å². The number of benzene rings is 2. The van der Waals surface area contributed by atoms with Crippen molar-refractivity contribution in [1.82, 2.24) is 14.9 Å². The zero-order chi connectivity index (χ0) is 30.2. The van der Waals surface area contributed by atoms with Crippen molar-refractivity contribution in [3.05, 3.63) is 113 Å². The van der Waals surface area contributed by atoms with E-state index in [1.54, 1.807) is 48.5 Å². The zero-order valence-corrected chi connectivity index (χ0v) is 25.0. The predicted molar refractivity (Wildman–Crippen MR) is 169 cm³/mol. The standard InChI is InChI=1S/C35H38N4O3/c1-7-25(4)42-26(5)12-9-11-19-39(6)35(41)27-14-16-28(17-15-27)37-34(40)30-22-32(31-13-8-10-18-36-31)38-33-24(3)20-23(2)21-29(30)33/h7-8,10,13-18,20-22H,5,9,11-12,19H2,1-4,6H3,(H,37,40)/b25-7-. The molecule has 2 aromatic carbocycles. The van der Waals surface area contributed by atoms with Crippen LogP contribution in [0.1, 0.15) is 65.0 Å². The van der Waals surface area contributed by atoms with Crippen molar-refractivity contribution in [1.29, 1.82) is 0 Å². The molecule has 2 heterocycles. The Kier molecular flexibility index (Phi) is 9.86. The molecule has 4 aromatic rings. The number of aryl methyl sites for hydroxylation is 2. The van der Waals surface area contributed by atoms with Gasteiger partial charge in [-0.25, -0.2) is 4.98 Å². The lowest BCUT2D eigenvalue weighted by atomic mass is 10.00. The Morgan fingerprint density at radius 3 is 2.48 bits per heavy atom. The number of carbonyl (C=O) groups is 2. The number of pyridine rings is 2. The van der Waals surface area contributed by atoms with Crippen LogP contribution in [0.4, 0.5) is 5.69 Å². The molecule has 7 nitrogen and oxygen atoms in total. The first-order valence-electron chi connectivity index (χ1n) is 14.1. The number of allylic oxidation sites excluding steroid dienone is 3. The number of nitrogens with one attached hydrogen (secondary N) is 1. The number of hydrogen-bond acceptors (Lipinski definition) is 5. The lowest BCUT2D eigenvalue weighted by Crippen LogP contribution is -2.27. The highest BCUT2D eigenvalue weighted by atomic mass is 16.5. The minimum absolute atomic E-state index is 0.0706. The molecule has 0 radical (unpaired) electrons. The van der Waals surface area contributed by atoms with Crippen LogP contribution in [0.3, 0.4) is 0 Å². The summed E-state index contributed by atoms with van der Waals surface area (Å²) in [6.07, 6.45) is 6.08. The van der Waals surface area contributed by atoms with Gasteiger partial charge in [-0.3, -0.25) is 14.6 Å². The third kappa shape index (κ3) is 7.49. The number of ether oxygens (including phenoxy) is 1. The Balaban J connectivity index is 1.44. The summed E-state index contributed by atoms with van der Waals surface area (Å²) in [7, 11) is 1.80. The second-order valence-corrected chi connectivity index (χ2v) is 10.5. The lowest BCUT2D eigenvalue weighted by molar-refractivity contribution is 0.0792. The highest BCUT2D eigenvalue weighted by molar-refractivity contribution is 6.13. The third-order valence-electron chi connectivity index (χ3n) is 7.07. The Hall–Kier alpha value is -4.78. The molecule has 0 fully saturated rings. The van der Waals surface area contributed by atoms with Crippen molar-refractivity contribution < 1.29 is 14.3 Å². The Morgan fingerprint density at radius 2 is 1.79 bits per heavy atom. The maximum atomic E-state index is 13.6. The fourth-order valence-electron chi connectivity index (χ4n) is 4.74. The summed E-state index contributed by atoms with van der Waals surface area (Å²) < 4.78 is 5.60. The summed E-state index contributed by atoms with van der Waals surface area (Å²) in [5.74, 6) is 1.24. The fourth-order valence-corrected chi connectivity index (χ4v) is 4.74. The summed E-state index contributed by atoms with van der Waals surface area (Å²) in [4.78, 5) is 37.5. The molecule has 0 spiro atoms. The predicted octanol–water partition coefficient (Wildman–Crippen LogP) is 7.86. The van der Waals surface area contributed by atoms with E-state index >= 15 is 0 Å². The van der Waals surface area contributed by atoms with Gasteiger partial charge in [-0.15, -0.1) is 0 Å². The van der Waals surface area contributed by atoms with Crippen LogP contribution in [0.5, 0.6) is 0 Å². The Morgan fingerprint density at radius 1 is 1.02 bits per heavy atom. The number of nitrogens with zero attached hydrogens (tertiary/aromatic N) is 3. The van der Waals surface area contributed by atoms with E-state index in [0.29, 0.717) is 34.7 Å². The molecule has 0 bridgehead atoms. The van der Waals surface area contributed by atoms with E-state index in [9.17, 15) is 9.59 Å². The molecule has 42 heavy (non-hydrogen) atoms. The quantitative estimate of drug-likeness (QED) is 0.149. The molecule has 0 atom stereocenters. The van der Waals surface area contributed by atoms with E-state index in [0.717, 1.165) is 52.8 Å². The van der Waals surface area contributed by atoms with Crippen LogP contribution in [0.2, 0.25) is 0 Å². The van der Waals surface area contributed by atoms with Crippen molar-refractivity contribution >= 4 is 28.4 Å². The molecule has 0 saturated heterocycles. The number of unbranched alkanes of at least 4 members (excludes halogenated alkanes) is 1. The highest BCUT2D eigenvalue weighted by Gasteiger charge is 2.17. The van der Waals surface area contributed by atoms with Gasteiger partial charge >= 0.3 is 0 Å². The molecule has 0 aliphatic heterocycles. The second kappa shape index (κ2) is 13.7. The SMILES string of the molecule is C=C(CCCCN(C)C(=O)c1ccc(NC(=O)c2cc(-c3ccccn3)nc3c(C)cc(C)cc23)cc1)O/C(C)=C\C. The summed E-state index contributed by atoms with van der Waals surface area (Å²) >= 11 is 0. The van der Waals surface area contributed by atoms with Gasteiger partial charge in [-0.1, -0.05) is 24.3 Å². The van der Waals surface area contributed by atoms with Gasteiger partial charge in [0.05, 0.1) is 34.0 Å². The first-order chi connectivity index (χ1) is 20.2. The molecular formula is C35H38N4O3. The van der Waals surface area contributed by atoms with Gasteiger partial charge in [-0.05, 0) is 101 Å². The van der Waals surface area contributed by atoms with Crippen LogP contribution < -0.4 is 5.32 Å². The average molecular weight is 563 g/mol. The first kappa shape index (κ1) is 30.2. The molecule has 216 valence electrons. The molecule has 7 heteroatoms. The van der Waals surface area contributed by atoms with Crippen LogP contribution in [0.25, 0.3) is 22.3 Å². The van der Waals surface area contributed by atoms with Crippen molar-refractivity contribution in [2.75, 3.05) is 18.9 Å². The Bertz CT molecular complexity index is 1630. The maximum Gasteiger partial charge on any atom is 0.256 e. The number of aromatic nitrogens is 2. The number of fused-ring (bicyclic) bond motifs is 1. The number of rotatable bonds is 11. The van der Waals surface area contributed by atoms with Crippen LogP contribution >= 0.6 is 0 Å². The normalized spacial score (nSPS) is 11.3. The molecule has 0 saturated carbocycles. The van der Waals surface area contributed by atoms with E-state index in [2.05, 4.69) is 22.9 Å². The van der Waals surface area contributed by atoms with Crippen molar-refractivity contribution in [3.8, 4) is 11.4 Å². The summed E-state index contributed by atoms with van der Waals surface area (Å²) in [6.45, 7) is 12.4. The topological polar surface area (TPSA) is 84.4 Å². The van der Waals surface area contributed by atoms with Gasteiger partial charge in [0.1, 0.15) is 0 Å². The summed E-state index contributed by atoms with van der Waals surface area (Å²) in [5, 5.41) is 3.78. The van der Waals surface area contributed by atoms with Gasteiger partial charge in [0.25, 0.3) is 11.8 Å². The van der Waals surface area contributed by atoms with Gasteiger partial charge in [0, 0.05) is 42.8 Å². The largest absolute Gasteiger partial charge is 0.467 e. The molecular weight excluding hydrogens is 524 g/mol. The van der Waals surface area contributed by atoms with Gasteiger partial charge < -0.3 is 15.0 Å². The van der Waals surface area contributed by atoms with E-state index in [-0.39, 0.29) is 11.8 Å². The fraction of sp³-hybridized carbons (Fsp3) is 0.257. The zero-order valence-electron chi connectivity index (χ0n) is 25.0.